The highest BCUT2D eigenvalue weighted by molar-refractivity contribution is 7.09. The number of ether oxygens (including phenoxy) is 1. The fraction of sp³-hybridized carbons (Fsp3) is 0.556. The van der Waals surface area contributed by atoms with Crippen LogP contribution in [0.3, 0.4) is 0 Å². The molecule has 2 aliphatic heterocycles. The van der Waals surface area contributed by atoms with Crippen molar-refractivity contribution in [1.82, 2.24) is 25.2 Å². The van der Waals surface area contributed by atoms with Crippen molar-refractivity contribution in [3.05, 3.63) is 40.4 Å². The number of amides is 1. The summed E-state index contributed by atoms with van der Waals surface area (Å²) in [6.45, 7) is 6.41. The van der Waals surface area contributed by atoms with E-state index in [1.54, 1.807) is 17.5 Å². The van der Waals surface area contributed by atoms with Crippen LogP contribution in [-0.2, 0) is 11.3 Å². The van der Waals surface area contributed by atoms with Crippen molar-refractivity contribution < 1.29 is 9.53 Å². The molecule has 8 heteroatoms. The standard InChI is InChI=1S/C18H23N5O2S/c1-13-16(26-12-22-13)9-23-10-18(11-23)14(3-7-25-18)2-4-21-17(24)15-8-19-5-6-20-15/h5-6,8,12,14H,2-4,7,9-11H2,1H3,(H,21,24). The zero-order chi connectivity index (χ0) is 18.0. The molecule has 2 aromatic rings. The van der Waals surface area contributed by atoms with Gasteiger partial charge in [-0.3, -0.25) is 14.7 Å². The average Bonchev–Trinajstić information content (AvgIpc) is 3.22. The molecule has 1 atom stereocenters. The first-order valence-electron chi connectivity index (χ1n) is 8.96. The van der Waals surface area contributed by atoms with Gasteiger partial charge in [-0.15, -0.1) is 11.3 Å². The van der Waals surface area contributed by atoms with Gasteiger partial charge in [-0.05, 0) is 25.7 Å². The number of aromatic nitrogens is 3. The minimum atomic E-state index is -0.165. The number of aryl methyl sites for hydroxylation is 1. The van der Waals surface area contributed by atoms with Crippen LogP contribution in [0, 0.1) is 12.8 Å². The van der Waals surface area contributed by atoms with E-state index >= 15 is 0 Å². The van der Waals surface area contributed by atoms with Gasteiger partial charge in [-0.25, -0.2) is 9.97 Å². The molecule has 2 fully saturated rings. The summed E-state index contributed by atoms with van der Waals surface area (Å²) in [7, 11) is 0. The molecule has 0 saturated carbocycles. The lowest BCUT2D eigenvalue weighted by molar-refractivity contribution is -0.136. The Balaban J connectivity index is 1.26. The molecule has 0 aliphatic carbocycles. The van der Waals surface area contributed by atoms with Crippen LogP contribution in [0.15, 0.2) is 24.1 Å². The first kappa shape index (κ1) is 17.5. The molecular weight excluding hydrogens is 350 g/mol. The lowest BCUT2D eigenvalue weighted by Gasteiger charge is -2.50. The number of hydrogen-bond donors (Lipinski definition) is 1. The molecule has 7 nitrogen and oxygen atoms in total. The third kappa shape index (κ3) is 3.49. The molecule has 4 heterocycles. The van der Waals surface area contributed by atoms with E-state index in [1.807, 2.05) is 5.51 Å². The summed E-state index contributed by atoms with van der Waals surface area (Å²) in [5, 5.41) is 2.95. The molecule has 2 aliphatic rings. The third-order valence-electron chi connectivity index (χ3n) is 5.37. The van der Waals surface area contributed by atoms with Crippen LogP contribution >= 0.6 is 11.3 Å². The van der Waals surface area contributed by atoms with Crippen LogP contribution in [0.25, 0.3) is 0 Å². The number of carbonyl (C=O) groups excluding carboxylic acids is 1. The Labute approximate surface area is 156 Å². The molecule has 0 aromatic carbocycles. The summed E-state index contributed by atoms with van der Waals surface area (Å²) in [5.74, 6) is 0.324. The number of likely N-dealkylation sites (tertiary alicyclic amines) is 1. The van der Waals surface area contributed by atoms with Gasteiger partial charge in [0.15, 0.2) is 0 Å². The van der Waals surface area contributed by atoms with Gasteiger partial charge < -0.3 is 10.1 Å². The van der Waals surface area contributed by atoms with Gasteiger partial charge in [-0.2, -0.15) is 0 Å². The molecule has 1 amide bonds. The summed E-state index contributed by atoms with van der Waals surface area (Å²) in [4.78, 5) is 28.1. The van der Waals surface area contributed by atoms with Gasteiger partial charge in [0.1, 0.15) is 5.69 Å². The van der Waals surface area contributed by atoms with Crippen molar-refractivity contribution in [2.75, 3.05) is 26.2 Å². The Hall–Kier alpha value is -1.90. The Bertz CT molecular complexity index is 760. The second-order valence-corrected chi connectivity index (χ2v) is 7.98. The minimum absolute atomic E-state index is 0.0319. The van der Waals surface area contributed by atoms with E-state index in [0.29, 0.717) is 18.2 Å². The molecule has 1 N–H and O–H groups in total. The molecule has 4 rings (SSSR count). The summed E-state index contributed by atoms with van der Waals surface area (Å²) in [6, 6.07) is 0. The summed E-state index contributed by atoms with van der Waals surface area (Å²) in [6.07, 6.45) is 6.57. The molecule has 138 valence electrons. The van der Waals surface area contributed by atoms with Gasteiger partial charge in [0.05, 0.1) is 23.0 Å². The first-order valence-corrected chi connectivity index (χ1v) is 9.84. The third-order valence-corrected chi connectivity index (χ3v) is 6.29. The SMILES string of the molecule is Cc1ncsc1CN1CC2(C1)OCCC2CCNC(=O)c1cnccn1. The van der Waals surface area contributed by atoms with Crippen LogP contribution in [0.2, 0.25) is 0 Å². The summed E-state index contributed by atoms with van der Waals surface area (Å²) < 4.78 is 6.12. The zero-order valence-electron chi connectivity index (χ0n) is 14.9. The number of nitrogens with zero attached hydrogens (tertiary/aromatic N) is 4. The van der Waals surface area contributed by atoms with E-state index in [4.69, 9.17) is 4.74 Å². The normalized spacial score (nSPS) is 21.7. The zero-order valence-corrected chi connectivity index (χ0v) is 15.7. The molecule has 2 saturated heterocycles. The molecule has 26 heavy (non-hydrogen) atoms. The van der Waals surface area contributed by atoms with E-state index in [9.17, 15) is 4.79 Å². The number of hydrogen-bond acceptors (Lipinski definition) is 7. The van der Waals surface area contributed by atoms with Crippen molar-refractivity contribution >= 4 is 17.2 Å². The van der Waals surface area contributed by atoms with Crippen LogP contribution in [0.1, 0.15) is 33.9 Å². The highest BCUT2D eigenvalue weighted by Gasteiger charge is 2.52. The quantitative estimate of drug-likeness (QED) is 0.829. The fourth-order valence-corrected chi connectivity index (χ4v) is 4.73. The summed E-state index contributed by atoms with van der Waals surface area (Å²) >= 11 is 1.72. The van der Waals surface area contributed by atoms with E-state index in [-0.39, 0.29) is 11.5 Å². The maximum atomic E-state index is 12.1. The topological polar surface area (TPSA) is 80.2 Å². The van der Waals surface area contributed by atoms with Crippen LogP contribution in [0.5, 0.6) is 0 Å². The molecule has 2 aromatic heterocycles. The van der Waals surface area contributed by atoms with E-state index in [0.717, 1.165) is 44.8 Å². The van der Waals surface area contributed by atoms with Crippen molar-refractivity contribution in [3.8, 4) is 0 Å². The molecular formula is C18H23N5O2S. The van der Waals surface area contributed by atoms with Gasteiger partial charge >= 0.3 is 0 Å². The Morgan fingerprint density at radius 2 is 2.31 bits per heavy atom. The second-order valence-electron chi connectivity index (χ2n) is 7.04. The lowest BCUT2D eigenvalue weighted by atomic mass is 9.79. The van der Waals surface area contributed by atoms with Crippen molar-refractivity contribution in [3.63, 3.8) is 0 Å². The minimum Gasteiger partial charge on any atom is -0.372 e. The first-order chi connectivity index (χ1) is 12.7. The van der Waals surface area contributed by atoms with Crippen LogP contribution in [0.4, 0.5) is 0 Å². The Morgan fingerprint density at radius 3 is 3.04 bits per heavy atom. The molecule has 0 radical (unpaired) electrons. The monoisotopic (exact) mass is 373 g/mol. The maximum Gasteiger partial charge on any atom is 0.271 e. The van der Waals surface area contributed by atoms with E-state index in [1.165, 1.54) is 17.3 Å². The maximum absolute atomic E-state index is 12.1. The molecule has 1 unspecified atom stereocenters. The number of carbonyl (C=O) groups is 1. The van der Waals surface area contributed by atoms with Crippen molar-refractivity contribution in [2.24, 2.45) is 5.92 Å². The second kappa shape index (κ2) is 7.38. The van der Waals surface area contributed by atoms with Gasteiger partial charge in [0.2, 0.25) is 0 Å². The Morgan fingerprint density at radius 1 is 1.42 bits per heavy atom. The summed E-state index contributed by atoms with van der Waals surface area (Å²) in [5.41, 5.74) is 3.37. The van der Waals surface area contributed by atoms with Crippen molar-refractivity contribution in [2.45, 2.75) is 31.9 Å². The lowest BCUT2D eigenvalue weighted by Crippen LogP contribution is -2.64. The van der Waals surface area contributed by atoms with Crippen molar-refractivity contribution in [1.29, 1.82) is 0 Å². The van der Waals surface area contributed by atoms with Crippen LogP contribution < -0.4 is 5.32 Å². The average molecular weight is 373 g/mol. The predicted octanol–water partition coefficient (Wildman–Crippen LogP) is 1.65. The van der Waals surface area contributed by atoms with Gasteiger partial charge in [0.25, 0.3) is 5.91 Å². The number of nitrogens with one attached hydrogen (secondary N) is 1. The van der Waals surface area contributed by atoms with Crippen LogP contribution in [-0.4, -0.2) is 57.6 Å². The number of rotatable bonds is 6. The fourth-order valence-electron chi connectivity index (χ4n) is 3.91. The highest BCUT2D eigenvalue weighted by atomic mass is 32.1. The largest absolute Gasteiger partial charge is 0.372 e. The van der Waals surface area contributed by atoms with E-state index < -0.39 is 0 Å². The number of thiazole rings is 1. The van der Waals surface area contributed by atoms with Gasteiger partial charge in [0, 0.05) is 50.1 Å². The highest BCUT2D eigenvalue weighted by Crippen LogP contribution is 2.42. The predicted molar refractivity (Wildman–Crippen MR) is 97.9 cm³/mol. The molecule has 0 bridgehead atoms. The molecule has 1 spiro atoms. The van der Waals surface area contributed by atoms with E-state index in [2.05, 4.69) is 32.1 Å². The van der Waals surface area contributed by atoms with Gasteiger partial charge in [-0.1, -0.05) is 0 Å². The Kier molecular flexibility index (Phi) is 4.97. The smallest absolute Gasteiger partial charge is 0.271 e.